The van der Waals surface area contributed by atoms with Gasteiger partial charge in [-0.3, -0.25) is 0 Å². The van der Waals surface area contributed by atoms with Crippen LogP contribution < -0.4 is 9.47 Å². The standard InChI is InChI=1S/C10H14N2O2S/c1-12-5-4-7-10(15-12)8(13-2)6-9(11-7)14-3/h6H,4-5H2,1-3H3. The van der Waals surface area contributed by atoms with E-state index in [4.69, 9.17) is 9.47 Å². The molecule has 2 rings (SSSR count). The van der Waals surface area contributed by atoms with Crippen LogP contribution in [0.3, 0.4) is 0 Å². The fourth-order valence-electron chi connectivity index (χ4n) is 1.52. The number of hydrogen-bond acceptors (Lipinski definition) is 5. The van der Waals surface area contributed by atoms with Gasteiger partial charge in [-0.2, -0.15) is 0 Å². The number of rotatable bonds is 2. The lowest BCUT2D eigenvalue weighted by molar-refractivity contribution is 0.370. The lowest BCUT2D eigenvalue weighted by atomic mass is 10.2. The van der Waals surface area contributed by atoms with Crippen molar-refractivity contribution < 1.29 is 9.47 Å². The molecule has 0 fully saturated rings. The lowest BCUT2D eigenvalue weighted by Gasteiger charge is -2.24. The highest BCUT2D eigenvalue weighted by Crippen LogP contribution is 2.38. The van der Waals surface area contributed by atoms with Gasteiger partial charge in [-0.1, -0.05) is 0 Å². The second-order valence-electron chi connectivity index (χ2n) is 3.34. The summed E-state index contributed by atoms with van der Waals surface area (Å²) in [6, 6.07) is 1.82. The number of pyridine rings is 1. The summed E-state index contributed by atoms with van der Waals surface area (Å²) in [5.41, 5.74) is 1.06. The molecule has 1 aliphatic heterocycles. The molecule has 0 bridgehead atoms. The summed E-state index contributed by atoms with van der Waals surface area (Å²) in [6.45, 7) is 1.00. The molecule has 0 N–H and O–H groups in total. The Morgan fingerprint density at radius 2 is 2.20 bits per heavy atom. The quantitative estimate of drug-likeness (QED) is 0.715. The fourth-order valence-corrected chi connectivity index (χ4v) is 2.50. The largest absolute Gasteiger partial charge is 0.495 e. The van der Waals surface area contributed by atoms with Crippen molar-refractivity contribution in [1.29, 1.82) is 0 Å². The van der Waals surface area contributed by atoms with Crippen molar-refractivity contribution in [2.45, 2.75) is 11.3 Å². The smallest absolute Gasteiger partial charge is 0.217 e. The summed E-state index contributed by atoms with van der Waals surface area (Å²) in [5, 5.41) is 0. The van der Waals surface area contributed by atoms with Crippen LogP contribution in [-0.2, 0) is 6.42 Å². The molecule has 4 nitrogen and oxygen atoms in total. The zero-order valence-corrected chi connectivity index (χ0v) is 9.93. The van der Waals surface area contributed by atoms with E-state index in [1.165, 1.54) is 0 Å². The van der Waals surface area contributed by atoms with Gasteiger partial charge in [0, 0.05) is 19.0 Å². The molecule has 0 radical (unpaired) electrons. The summed E-state index contributed by atoms with van der Waals surface area (Å²) in [5.74, 6) is 1.46. The van der Waals surface area contributed by atoms with Crippen molar-refractivity contribution in [1.82, 2.24) is 9.29 Å². The van der Waals surface area contributed by atoms with Crippen LogP contribution >= 0.6 is 11.9 Å². The van der Waals surface area contributed by atoms with E-state index < -0.39 is 0 Å². The van der Waals surface area contributed by atoms with E-state index in [2.05, 4.69) is 16.3 Å². The molecular formula is C10H14N2O2S. The van der Waals surface area contributed by atoms with Gasteiger partial charge >= 0.3 is 0 Å². The van der Waals surface area contributed by atoms with Crippen LogP contribution in [0.2, 0.25) is 0 Å². The second kappa shape index (κ2) is 4.28. The average molecular weight is 226 g/mol. The maximum absolute atomic E-state index is 5.34. The molecule has 0 aliphatic carbocycles. The Kier molecular flexibility index (Phi) is 3.02. The van der Waals surface area contributed by atoms with Crippen LogP contribution in [-0.4, -0.2) is 37.1 Å². The summed E-state index contributed by atoms with van der Waals surface area (Å²) < 4.78 is 12.7. The van der Waals surface area contributed by atoms with Crippen LogP contribution in [0.1, 0.15) is 5.69 Å². The van der Waals surface area contributed by atoms with Gasteiger partial charge in [-0.25, -0.2) is 9.29 Å². The minimum absolute atomic E-state index is 0.621. The number of aromatic nitrogens is 1. The minimum Gasteiger partial charge on any atom is -0.495 e. The highest BCUT2D eigenvalue weighted by atomic mass is 32.2. The van der Waals surface area contributed by atoms with Gasteiger partial charge in [0.25, 0.3) is 0 Å². The zero-order chi connectivity index (χ0) is 10.8. The Hall–Kier alpha value is -0.940. The summed E-state index contributed by atoms with van der Waals surface area (Å²) in [7, 11) is 5.36. The van der Waals surface area contributed by atoms with Crippen molar-refractivity contribution in [3.05, 3.63) is 11.8 Å². The monoisotopic (exact) mass is 226 g/mol. The normalized spacial score (nSPS) is 15.9. The Morgan fingerprint density at radius 1 is 1.40 bits per heavy atom. The summed E-state index contributed by atoms with van der Waals surface area (Å²) in [4.78, 5) is 5.53. The Morgan fingerprint density at radius 3 is 2.87 bits per heavy atom. The maximum atomic E-state index is 5.34. The predicted molar refractivity (Wildman–Crippen MR) is 59.5 cm³/mol. The van der Waals surface area contributed by atoms with E-state index in [-0.39, 0.29) is 0 Å². The van der Waals surface area contributed by atoms with Crippen molar-refractivity contribution in [3.8, 4) is 11.6 Å². The van der Waals surface area contributed by atoms with E-state index in [1.54, 1.807) is 26.2 Å². The SMILES string of the molecule is COc1cc(OC)c2c(n1)CCN(C)S2. The van der Waals surface area contributed by atoms with Crippen molar-refractivity contribution in [3.63, 3.8) is 0 Å². The molecule has 15 heavy (non-hydrogen) atoms. The first-order valence-corrected chi connectivity index (χ1v) is 5.53. The molecule has 0 amide bonds. The molecule has 1 aliphatic rings. The number of methoxy groups -OCH3 is 2. The third-order valence-electron chi connectivity index (χ3n) is 2.33. The summed E-state index contributed by atoms with van der Waals surface area (Å²) in [6.07, 6.45) is 0.937. The van der Waals surface area contributed by atoms with Crippen LogP contribution in [0, 0.1) is 0 Å². The van der Waals surface area contributed by atoms with E-state index in [1.807, 2.05) is 6.07 Å². The average Bonchev–Trinajstić information content (AvgIpc) is 2.27. The molecule has 2 heterocycles. The number of hydrogen-bond donors (Lipinski definition) is 0. The first kappa shape index (κ1) is 10.6. The van der Waals surface area contributed by atoms with Gasteiger partial charge in [0.2, 0.25) is 5.88 Å². The molecule has 0 saturated carbocycles. The van der Waals surface area contributed by atoms with E-state index in [0.717, 1.165) is 29.3 Å². The number of likely N-dealkylation sites (N-methyl/N-ethyl adjacent to an activating group) is 1. The van der Waals surface area contributed by atoms with Crippen molar-refractivity contribution in [2.24, 2.45) is 0 Å². The Balaban J connectivity index is 2.44. The van der Waals surface area contributed by atoms with E-state index >= 15 is 0 Å². The molecule has 1 aromatic heterocycles. The first-order valence-electron chi connectivity index (χ1n) is 4.75. The van der Waals surface area contributed by atoms with Gasteiger partial charge in [0.1, 0.15) is 5.75 Å². The van der Waals surface area contributed by atoms with Crippen LogP contribution in [0.4, 0.5) is 0 Å². The van der Waals surface area contributed by atoms with E-state index in [0.29, 0.717) is 5.88 Å². The van der Waals surface area contributed by atoms with Gasteiger partial charge in [-0.15, -0.1) is 0 Å². The van der Waals surface area contributed by atoms with Gasteiger partial charge < -0.3 is 9.47 Å². The van der Waals surface area contributed by atoms with Crippen molar-refractivity contribution in [2.75, 3.05) is 27.8 Å². The number of nitrogens with zero attached hydrogens (tertiary/aromatic N) is 2. The van der Waals surface area contributed by atoms with Crippen LogP contribution in [0.25, 0.3) is 0 Å². The van der Waals surface area contributed by atoms with Gasteiger partial charge in [-0.05, 0) is 19.0 Å². The van der Waals surface area contributed by atoms with Crippen molar-refractivity contribution >= 4 is 11.9 Å². The van der Waals surface area contributed by atoms with Crippen LogP contribution in [0.5, 0.6) is 11.6 Å². The predicted octanol–water partition coefficient (Wildman–Crippen LogP) is 1.59. The number of ether oxygens (including phenoxy) is 2. The van der Waals surface area contributed by atoms with Gasteiger partial charge in [0.05, 0.1) is 24.8 Å². The lowest BCUT2D eigenvalue weighted by Crippen LogP contribution is -2.20. The first-order chi connectivity index (χ1) is 7.24. The molecule has 82 valence electrons. The maximum Gasteiger partial charge on any atom is 0.217 e. The number of fused-ring (bicyclic) bond motifs is 1. The third kappa shape index (κ3) is 2.03. The molecule has 5 heteroatoms. The molecular weight excluding hydrogens is 212 g/mol. The zero-order valence-electron chi connectivity index (χ0n) is 9.11. The molecule has 0 unspecified atom stereocenters. The second-order valence-corrected chi connectivity index (χ2v) is 4.55. The summed E-state index contributed by atoms with van der Waals surface area (Å²) >= 11 is 1.67. The Bertz CT molecular complexity index is 353. The third-order valence-corrected chi connectivity index (χ3v) is 3.44. The van der Waals surface area contributed by atoms with Crippen LogP contribution in [0.15, 0.2) is 11.0 Å². The highest BCUT2D eigenvalue weighted by molar-refractivity contribution is 7.97. The molecule has 0 saturated heterocycles. The van der Waals surface area contributed by atoms with E-state index in [9.17, 15) is 0 Å². The molecule has 1 aromatic rings. The highest BCUT2D eigenvalue weighted by Gasteiger charge is 2.21. The molecule has 0 atom stereocenters. The Labute approximate surface area is 93.7 Å². The molecule has 0 spiro atoms. The molecule has 0 aromatic carbocycles. The topological polar surface area (TPSA) is 34.6 Å². The van der Waals surface area contributed by atoms with Gasteiger partial charge in [0.15, 0.2) is 0 Å². The minimum atomic E-state index is 0.621. The fraction of sp³-hybridized carbons (Fsp3) is 0.500.